The number of fused-ring (bicyclic) bond motifs is 1. The van der Waals surface area contributed by atoms with E-state index in [1.54, 1.807) is 6.07 Å². The molecule has 36 heavy (non-hydrogen) atoms. The zero-order valence-corrected chi connectivity index (χ0v) is 20.5. The van der Waals surface area contributed by atoms with Gasteiger partial charge in [0.2, 0.25) is 15.5 Å². The van der Waals surface area contributed by atoms with Crippen molar-refractivity contribution in [1.82, 2.24) is 14.5 Å². The van der Waals surface area contributed by atoms with Crippen molar-refractivity contribution in [3.63, 3.8) is 0 Å². The number of benzene rings is 2. The highest BCUT2D eigenvalue weighted by Crippen LogP contribution is 2.29. The van der Waals surface area contributed by atoms with Gasteiger partial charge < -0.3 is 5.32 Å². The molecule has 12 heteroatoms. The number of aromatic nitrogens is 2. The van der Waals surface area contributed by atoms with Crippen LogP contribution in [0, 0.1) is 5.41 Å². The Hall–Kier alpha value is -3.67. The molecule has 0 unspecified atom stereocenters. The highest BCUT2D eigenvalue weighted by Gasteiger charge is 2.31. The van der Waals surface area contributed by atoms with E-state index in [9.17, 15) is 26.4 Å². The molecule has 1 aromatic heterocycles. The van der Waals surface area contributed by atoms with Gasteiger partial charge in [-0.25, -0.2) is 13.4 Å². The second-order valence-electron chi connectivity index (χ2n) is 9.09. The minimum absolute atomic E-state index is 0.100. The quantitative estimate of drug-likeness (QED) is 0.532. The summed E-state index contributed by atoms with van der Waals surface area (Å²) in [5, 5.41) is 10.6. The molecule has 0 atom stereocenters. The highest BCUT2D eigenvalue weighted by molar-refractivity contribution is 8.00. The number of sulfone groups is 1. The van der Waals surface area contributed by atoms with Crippen LogP contribution in [-0.2, 0) is 36.2 Å². The molecular formula is C24H24F3N5O3S. The van der Waals surface area contributed by atoms with Crippen LogP contribution >= 0.6 is 0 Å². The summed E-state index contributed by atoms with van der Waals surface area (Å²) in [5.74, 6) is 0. The molecule has 0 fully saturated rings. The monoisotopic (exact) mass is 519 g/mol. The fourth-order valence-electron chi connectivity index (χ4n) is 3.99. The number of rotatable bonds is 5. The first-order valence-corrected chi connectivity index (χ1v) is 12.4. The first kappa shape index (κ1) is 25.4. The topological polar surface area (TPSA) is 109 Å². The van der Waals surface area contributed by atoms with Crippen LogP contribution in [0.5, 0.6) is 0 Å². The lowest BCUT2D eigenvalue weighted by Gasteiger charge is -2.15. The van der Waals surface area contributed by atoms with Gasteiger partial charge in [0.25, 0.3) is 5.56 Å². The van der Waals surface area contributed by atoms with Crippen LogP contribution in [0.2, 0.25) is 0 Å². The predicted octanol–water partition coefficient (Wildman–Crippen LogP) is 1.43. The van der Waals surface area contributed by atoms with Crippen LogP contribution < -0.4 is 27.2 Å². The maximum absolute atomic E-state index is 13.7. The van der Waals surface area contributed by atoms with Crippen LogP contribution in [0.15, 0.2) is 69.3 Å². The van der Waals surface area contributed by atoms with Crippen molar-refractivity contribution in [2.24, 2.45) is 12.0 Å². The second kappa shape index (κ2) is 8.77. The van der Waals surface area contributed by atoms with Crippen LogP contribution in [0.4, 0.5) is 13.2 Å². The Labute approximate surface area is 204 Å². The van der Waals surface area contributed by atoms with Crippen molar-refractivity contribution in [2.75, 3.05) is 0 Å². The summed E-state index contributed by atoms with van der Waals surface area (Å²) in [6, 6.07) is 11.7. The van der Waals surface area contributed by atoms with Gasteiger partial charge in [-0.2, -0.15) is 13.2 Å². The molecular weight excluding hydrogens is 495 g/mol. The molecule has 4 rings (SSSR count). The third kappa shape index (κ3) is 4.60. The molecule has 0 aliphatic carbocycles. The fraction of sp³-hybridized carbons (Fsp3) is 0.292. The Morgan fingerprint density at radius 2 is 1.72 bits per heavy atom. The molecule has 0 amide bonds. The van der Waals surface area contributed by atoms with Gasteiger partial charge in [-0.15, -0.1) is 0 Å². The molecule has 1 aliphatic rings. The maximum Gasteiger partial charge on any atom is 0.416 e. The first-order valence-electron chi connectivity index (χ1n) is 10.9. The molecule has 8 nitrogen and oxygen atoms in total. The van der Waals surface area contributed by atoms with E-state index in [1.165, 1.54) is 52.6 Å². The van der Waals surface area contributed by atoms with E-state index in [4.69, 9.17) is 5.41 Å². The van der Waals surface area contributed by atoms with E-state index in [1.807, 2.05) is 13.8 Å². The molecule has 1 aliphatic heterocycles. The maximum atomic E-state index is 13.7. The second-order valence-corrected chi connectivity index (χ2v) is 11.0. The zero-order chi connectivity index (χ0) is 26.5. The van der Waals surface area contributed by atoms with E-state index < -0.39 is 37.7 Å². The third-order valence-electron chi connectivity index (χ3n) is 5.80. The van der Waals surface area contributed by atoms with Crippen LogP contribution in [0.3, 0.4) is 0 Å². The molecule has 0 spiro atoms. The minimum Gasteiger partial charge on any atom is -0.371 e. The largest absolute Gasteiger partial charge is 0.416 e. The van der Waals surface area contributed by atoms with Gasteiger partial charge in [0.05, 0.1) is 22.5 Å². The average Bonchev–Trinajstić information content (AvgIpc) is 3.15. The fourth-order valence-corrected chi connectivity index (χ4v) is 5.45. The molecule has 0 bridgehead atoms. The average molecular weight is 520 g/mol. The van der Waals surface area contributed by atoms with Gasteiger partial charge in [0, 0.05) is 13.6 Å². The van der Waals surface area contributed by atoms with Gasteiger partial charge in [-0.1, -0.05) is 30.3 Å². The van der Waals surface area contributed by atoms with Gasteiger partial charge >= 0.3 is 6.18 Å². The molecule has 2 N–H and O–H groups in total. The Balaban J connectivity index is 1.94. The lowest BCUT2D eigenvalue weighted by Crippen LogP contribution is -2.58. The summed E-state index contributed by atoms with van der Waals surface area (Å²) in [7, 11) is -2.87. The van der Waals surface area contributed by atoms with Crippen molar-refractivity contribution in [1.29, 1.82) is 5.41 Å². The molecule has 0 radical (unpaired) electrons. The Morgan fingerprint density at radius 3 is 2.31 bits per heavy atom. The first-order chi connectivity index (χ1) is 16.7. The molecule has 3 aromatic rings. The smallest absolute Gasteiger partial charge is 0.371 e. The number of nitrogens with zero attached hydrogens (tertiary/aromatic N) is 3. The summed E-state index contributed by atoms with van der Waals surface area (Å²) in [6.07, 6.45) is -4.51. The predicted molar refractivity (Wildman–Crippen MR) is 126 cm³/mol. The third-order valence-corrected chi connectivity index (χ3v) is 7.58. The lowest BCUT2D eigenvalue weighted by molar-refractivity contribution is -0.137. The van der Waals surface area contributed by atoms with Gasteiger partial charge in [-0.05, 0) is 43.7 Å². The Kier molecular flexibility index (Phi) is 6.19. The normalized spacial score (nSPS) is 15.7. The number of alkyl halides is 3. The minimum atomic E-state index is -4.51. The summed E-state index contributed by atoms with van der Waals surface area (Å²) in [6.45, 7) is 3.73. The molecule has 2 aromatic carbocycles. The lowest BCUT2D eigenvalue weighted by atomic mass is 10.1. The van der Waals surface area contributed by atoms with Crippen molar-refractivity contribution in [2.45, 2.75) is 43.5 Å². The van der Waals surface area contributed by atoms with Crippen molar-refractivity contribution in [3.8, 4) is 0 Å². The van der Waals surface area contributed by atoms with Crippen molar-refractivity contribution < 1.29 is 21.6 Å². The van der Waals surface area contributed by atoms with Gasteiger partial charge in [0.1, 0.15) is 15.7 Å². The summed E-state index contributed by atoms with van der Waals surface area (Å²) < 4.78 is 68.8. The molecule has 0 saturated heterocycles. The Morgan fingerprint density at radius 1 is 1.11 bits per heavy atom. The summed E-state index contributed by atoms with van der Waals surface area (Å²) in [4.78, 5) is 17.7. The SMILES string of the molecule is Cn1c(=O)c(=C(NCc2ccc(C(F)(F)F)cc2)S(=O)(=O)c2ccccc2)c(=N)n2c1=NC(C)(C)C2. The van der Waals surface area contributed by atoms with E-state index in [-0.39, 0.29) is 34.3 Å². The molecule has 0 saturated carbocycles. The van der Waals surface area contributed by atoms with Crippen LogP contribution in [-0.4, -0.2) is 23.1 Å². The number of halogens is 3. The molecule has 2 heterocycles. The number of hydrogen-bond donors (Lipinski definition) is 2. The summed E-state index contributed by atoms with van der Waals surface area (Å²) in [5.41, 5.74) is -1.89. The van der Waals surface area contributed by atoms with Gasteiger partial charge in [0.15, 0.2) is 0 Å². The van der Waals surface area contributed by atoms with Crippen LogP contribution in [0.25, 0.3) is 5.03 Å². The number of nitrogens with one attached hydrogen (secondary N) is 2. The van der Waals surface area contributed by atoms with Crippen LogP contribution in [0.1, 0.15) is 25.0 Å². The van der Waals surface area contributed by atoms with E-state index in [0.717, 1.165) is 12.1 Å². The standard InChI is InChI=1S/C24H24F3N5O3S/c1-23(2)14-32-19(28)18(21(33)31(3)22(32)30-23)20(36(34,35)17-7-5-4-6-8-17)29-13-15-9-11-16(12-10-15)24(25,26)27/h4-12,28-29H,13-14H2,1-3H3. The van der Waals surface area contributed by atoms with Crippen molar-refractivity contribution in [3.05, 3.63) is 92.4 Å². The van der Waals surface area contributed by atoms with E-state index >= 15 is 0 Å². The molecule has 190 valence electrons. The zero-order valence-electron chi connectivity index (χ0n) is 19.7. The highest BCUT2D eigenvalue weighted by atomic mass is 32.2. The van der Waals surface area contributed by atoms with Gasteiger partial charge in [-0.3, -0.25) is 19.3 Å². The number of hydrogen-bond acceptors (Lipinski definition) is 6. The summed E-state index contributed by atoms with van der Waals surface area (Å²) >= 11 is 0. The Bertz CT molecular complexity index is 1670. The van der Waals surface area contributed by atoms with Crippen molar-refractivity contribution >= 4 is 14.9 Å². The van der Waals surface area contributed by atoms with E-state index in [2.05, 4.69) is 10.3 Å². The van der Waals surface area contributed by atoms with E-state index in [0.29, 0.717) is 5.56 Å².